The molecule has 3 rings (SSSR count). The molecule has 0 amide bonds. The van der Waals surface area contributed by atoms with Gasteiger partial charge in [0.05, 0.1) is 10.1 Å². The average Bonchev–Trinajstić information content (AvgIpc) is 3.31. The van der Waals surface area contributed by atoms with Crippen molar-refractivity contribution in [1.82, 2.24) is 0 Å². The van der Waals surface area contributed by atoms with E-state index in [1.807, 2.05) is 24.3 Å². The standard InChI is InChI=1S/C18H19ClO3S/c1-2-12-3-5-13(6-4-12)17-16(11-20)18(17)23(21,22)15-9-7-14(19)8-10-15/h3-10,16-18,20H,2,11H2,1H3/t16-,17+,18+/m1/s1. The molecule has 0 radical (unpaired) electrons. The molecule has 1 aliphatic carbocycles. The predicted molar refractivity (Wildman–Crippen MR) is 91.6 cm³/mol. The average molecular weight is 351 g/mol. The van der Waals surface area contributed by atoms with Crippen molar-refractivity contribution in [3.05, 3.63) is 64.7 Å². The van der Waals surface area contributed by atoms with E-state index in [4.69, 9.17) is 11.6 Å². The lowest BCUT2D eigenvalue weighted by molar-refractivity contribution is 0.274. The number of sulfone groups is 1. The first-order valence-corrected chi connectivity index (χ1v) is 9.60. The van der Waals surface area contributed by atoms with Gasteiger partial charge in [-0.15, -0.1) is 0 Å². The third-order valence-electron chi connectivity index (χ3n) is 4.58. The maximum Gasteiger partial charge on any atom is 0.182 e. The highest BCUT2D eigenvalue weighted by Gasteiger charge is 2.58. The molecule has 23 heavy (non-hydrogen) atoms. The molecule has 0 aromatic heterocycles. The van der Waals surface area contributed by atoms with Gasteiger partial charge in [0, 0.05) is 23.5 Å². The molecule has 0 aliphatic heterocycles. The molecule has 0 bridgehead atoms. The van der Waals surface area contributed by atoms with Crippen molar-refractivity contribution < 1.29 is 13.5 Å². The lowest BCUT2D eigenvalue weighted by Gasteiger charge is -2.05. The number of aliphatic hydroxyl groups is 1. The number of rotatable bonds is 5. The molecule has 5 heteroatoms. The number of aliphatic hydroxyl groups excluding tert-OH is 1. The Kier molecular flexibility index (Phi) is 4.50. The quantitative estimate of drug-likeness (QED) is 0.898. The van der Waals surface area contributed by atoms with Gasteiger partial charge in [-0.25, -0.2) is 8.42 Å². The Morgan fingerprint density at radius 2 is 1.65 bits per heavy atom. The van der Waals surface area contributed by atoms with Crippen LogP contribution in [-0.4, -0.2) is 25.4 Å². The third kappa shape index (κ3) is 3.03. The first kappa shape index (κ1) is 16.5. The molecule has 1 fully saturated rings. The molecule has 1 saturated carbocycles. The molecule has 0 unspecified atom stereocenters. The molecule has 2 aromatic rings. The van der Waals surface area contributed by atoms with Crippen molar-refractivity contribution in [2.45, 2.75) is 29.4 Å². The van der Waals surface area contributed by atoms with Crippen molar-refractivity contribution in [3.63, 3.8) is 0 Å². The van der Waals surface area contributed by atoms with Crippen LogP contribution < -0.4 is 0 Å². The fraction of sp³-hybridized carbons (Fsp3) is 0.333. The fourth-order valence-corrected chi connectivity index (χ4v) is 5.50. The molecule has 1 aliphatic rings. The Labute approximate surface area is 141 Å². The van der Waals surface area contributed by atoms with Gasteiger partial charge in [0.2, 0.25) is 0 Å². The van der Waals surface area contributed by atoms with E-state index in [1.165, 1.54) is 17.7 Å². The Morgan fingerprint density at radius 3 is 2.17 bits per heavy atom. The van der Waals surface area contributed by atoms with Gasteiger partial charge in [-0.1, -0.05) is 42.8 Å². The molecule has 3 atom stereocenters. The van der Waals surface area contributed by atoms with E-state index < -0.39 is 15.1 Å². The molecule has 3 nitrogen and oxygen atoms in total. The van der Waals surface area contributed by atoms with Crippen LogP contribution in [0.15, 0.2) is 53.4 Å². The second-order valence-electron chi connectivity index (χ2n) is 5.93. The molecular formula is C18H19ClO3S. The van der Waals surface area contributed by atoms with Gasteiger partial charge >= 0.3 is 0 Å². The third-order valence-corrected chi connectivity index (χ3v) is 7.12. The number of benzene rings is 2. The van der Waals surface area contributed by atoms with Crippen LogP contribution in [0.2, 0.25) is 5.02 Å². The van der Waals surface area contributed by atoms with Crippen molar-refractivity contribution in [1.29, 1.82) is 0 Å². The Morgan fingerprint density at radius 1 is 1.04 bits per heavy atom. The van der Waals surface area contributed by atoms with E-state index in [1.54, 1.807) is 12.1 Å². The van der Waals surface area contributed by atoms with E-state index in [9.17, 15) is 13.5 Å². The summed E-state index contributed by atoms with van der Waals surface area (Å²) in [5, 5.41) is 9.51. The topological polar surface area (TPSA) is 54.4 Å². The number of aryl methyl sites for hydroxylation is 1. The SMILES string of the molecule is CCc1ccc([C@H]2[C@@H](CO)[C@@H]2S(=O)(=O)c2ccc(Cl)cc2)cc1. The molecular weight excluding hydrogens is 332 g/mol. The summed E-state index contributed by atoms with van der Waals surface area (Å²) in [7, 11) is -3.48. The summed E-state index contributed by atoms with van der Waals surface area (Å²) in [6, 6.07) is 14.2. The van der Waals surface area contributed by atoms with E-state index in [-0.39, 0.29) is 23.3 Å². The van der Waals surface area contributed by atoms with Crippen molar-refractivity contribution in [3.8, 4) is 0 Å². The summed E-state index contributed by atoms with van der Waals surface area (Å²) in [6.45, 7) is 1.95. The minimum atomic E-state index is -3.48. The molecule has 122 valence electrons. The van der Waals surface area contributed by atoms with E-state index >= 15 is 0 Å². The lowest BCUT2D eigenvalue weighted by atomic mass is 10.1. The number of hydrogen-bond donors (Lipinski definition) is 1. The van der Waals surface area contributed by atoms with Gasteiger partial charge in [-0.3, -0.25) is 0 Å². The number of hydrogen-bond acceptors (Lipinski definition) is 3. The van der Waals surface area contributed by atoms with Gasteiger partial charge in [0.25, 0.3) is 0 Å². The zero-order valence-corrected chi connectivity index (χ0v) is 14.4. The zero-order valence-electron chi connectivity index (χ0n) is 12.8. The summed E-state index contributed by atoms with van der Waals surface area (Å²) < 4.78 is 25.7. The van der Waals surface area contributed by atoms with Crippen LogP contribution in [0.1, 0.15) is 24.0 Å². The molecule has 2 aromatic carbocycles. The summed E-state index contributed by atoms with van der Waals surface area (Å²) in [6.07, 6.45) is 0.945. The lowest BCUT2D eigenvalue weighted by Crippen LogP contribution is -2.11. The van der Waals surface area contributed by atoms with Gasteiger partial charge in [-0.05, 0) is 41.8 Å². The smallest absolute Gasteiger partial charge is 0.182 e. The summed E-state index contributed by atoms with van der Waals surface area (Å²) in [4.78, 5) is 0.262. The fourth-order valence-electron chi connectivity index (χ4n) is 3.18. The summed E-state index contributed by atoms with van der Waals surface area (Å²) in [5.74, 6) is -0.394. The molecule has 0 spiro atoms. The van der Waals surface area contributed by atoms with Crippen LogP contribution in [0.5, 0.6) is 0 Å². The number of halogens is 1. The van der Waals surface area contributed by atoms with Crippen LogP contribution in [0.3, 0.4) is 0 Å². The van der Waals surface area contributed by atoms with Gasteiger partial charge in [0.1, 0.15) is 0 Å². The van der Waals surface area contributed by atoms with E-state index in [0.29, 0.717) is 5.02 Å². The van der Waals surface area contributed by atoms with Gasteiger partial charge < -0.3 is 5.11 Å². The van der Waals surface area contributed by atoms with E-state index in [2.05, 4.69) is 6.92 Å². The van der Waals surface area contributed by atoms with Crippen LogP contribution in [0.4, 0.5) is 0 Å². The molecule has 0 saturated heterocycles. The summed E-state index contributed by atoms with van der Waals surface area (Å²) in [5.41, 5.74) is 2.19. The van der Waals surface area contributed by atoms with Gasteiger partial charge in [-0.2, -0.15) is 0 Å². The predicted octanol–water partition coefficient (Wildman–Crippen LogP) is 3.45. The Hall–Kier alpha value is -1.36. The minimum absolute atomic E-state index is 0.127. The largest absolute Gasteiger partial charge is 0.396 e. The molecule has 1 N–H and O–H groups in total. The summed E-state index contributed by atoms with van der Waals surface area (Å²) >= 11 is 5.83. The van der Waals surface area contributed by atoms with Gasteiger partial charge in [0.15, 0.2) is 9.84 Å². The highest BCUT2D eigenvalue weighted by molar-refractivity contribution is 7.92. The second-order valence-corrected chi connectivity index (χ2v) is 8.47. The Bertz CT molecular complexity index is 782. The highest BCUT2D eigenvalue weighted by atomic mass is 35.5. The monoisotopic (exact) mass is 350 g/mol. The highest BCUT2D eigenvalue weighted by Crippen LogP contribution is 2.53. The van der Waals surface area contributed by atoms with Crippen LogP contribution >= 0.6 is 11.6 Å². The second kappa shape index (κ2) is 6.27. The van der Waals surface area contributed by atoms with Crippen molar-refractivity contribution in [2.75, 3.05) is 6.61 Å². The normalized spacial score (nSPS) is 23.7. The van der Waals surface area contributed by atoms with E-state index in [0.717, 1.165) is 12.0 Å². The van der Waals surface area contributed by atoms with Crippen molar-refractivity contribution in [2.24, 2.45) is 5.92 Å². The first-order valence-electron chi connectivity index (χ1n) is 7.68. The van der Waals surface area contributed by atoms with Crippen LogP contribution in [-0.2, 0) is 16.3 Å². The van der Waals surface area contributed by atoms with Crippen LogP contribution in [0, 0.1) is 5.92 Å². The Balaban J connectivity index is 1.90. The maximum absolute atomic E-state index is 12.8. The van der Waals surface area contributed by atoms with Crippen LogP contribution in [0.25, 0.3) is 0 Å². The first-order chi connectivity index (χ1) is 11.0. The minimum Gasteiger partial charge on any atom is -0.396 e. The van der Waals surface area contributed by atoms with Crippen molar-refractivity contribution >= 4 is 21.4 Å². The zero-order chi connectivity index (χ0) is 16.6. The maximum atomic E-state index is 12.8. The molecule has 0 heterocycles.